The lowest BCUT2D eigenvalue weighted by molar-refractivity contribution is -0.120. The molecule has 2 aromatic carbocycles. The summed E-state index contributed by atoms with van der Waals surface area (Å²) in [6.07, 6.45) is 1.29. The number of amides is 1. The van der Waals surface area contributed by atoms with Crippen LogP contribution in [0.3, 0.4) is 0 Å². The lowest BCUT2D eigenvalue weighted by atomic mass is 10.2. The number of carbonyl (C=O) groups is 1. The van der Waals surface area contributed by atoms with Crippen LogP contribution in [0.2, 0.25) is 0 Å². The third-order valence-corrected chi connectivity index (χ3v) is 2.78. The van der Waals surface area contributed by atoms with Gasteiger partial charge in [-0.25, -0.2) is 8.78 Å². The fourth-order valence-electron chi connectivity index (χ4n) is 1.65. The lowest BCUT2D eigenvalue weighted by Gasteiger charge is -2.05. The molecule has 0 atom stereocenters. The van der Waals surface area contributed by atoms with Crippen LogP contribution in [-0.4, -0.2) is 18.7 Å². The highest BCUT2D eigenvalue weighted by molar-refractivity contribution is 5.91. The Morgan fingerprint density at radius 1 is 1.27 bits per heavy atom. The number of rotatable bonds is 5. The van der Waals surface area contributed by atoms with Gasteiger partial charge in [0.05, 0.1) is 6.21 Å². The van der Waals surface area contributed by atoms with Crippen LogP contribution in [-0.2, 0) is 9.63 Å². The second kappa shape index (κ2) is 7.31. The van der Waals surface area contributed by atoms with E-state index in [4.69, 9.17) is 4.84 Å². The quantitative estimate of drug-likeness (QED) is 0.681. The molecule has 0 spiro atoms. The van der Waals surface area contributed by atoms with Crippen molar-refractivity contribution in [3.63, 3.8) is 0 Å². The van der Waals surface area contributed by atoms with E-state index in [9.17, 15) is 13.6 Å². The molecule has 0 saturated heterocycles. The number of hydrogen-bond acceptors (Lipinski definition) is 3. The Bertz CT molecular complexity index is 702. The molecule has 6 heteroatoms. The van der Waals surface area contributed by atoms with Crippen LogP contribution in [0.5, 0.6) is 0 Å². The van der Waals surface area contributed by atoms with Gasteiger partial charge < -0.3 is 10.2 Å². The third kappa shape index (κ3) is 4.66. The minimum atomic E-state index is -0.473. The standard InChI is InChI=1S/C16H14F2N2O2/c1-11-5-6-14(8-15(11)18)20-16(21)10-22-19-9-12-3-2-4-13(17)7-12/h2-9H,10H2,1H3,(H,20,21)/b19-9-. The number of benzene rings is 2. The molecule has 0 aliphatic carbocycles. The predicted molar refractivity (Wildman–Crippen MR) is 79.7 cm³/mol. The molecule has 114 valence electrons. The van der Waals surface area contributed by atoms with Gasteiger partial charge in [-0.2, -0.15) is 0 Å². The Kier molecular flexibility index (Phi) is 5.19. The molecule has 0 radical (unpaired) electrons. The summed E-state index contributed by atoms with van der Waals surface area (Å²) in [6.45, 7) is 1.30. The second-order valence-electron chi connectivity index (χ2n) is 4.58. The van der Waals surface area contributed by atoms with Gasteiger partial charge in [0.2, 0.25) is 0 Å². The zero-order valence-electron chi connectivity index (χ0n) is 11.8. The van der Waals surface area contributed by atoms with E-state index in [0.29, 0.717) is 16.8 Å². The summed E-state index contributed by atoms with van der Waals surface area (Å²) >= 11 is 0. The summed E-state index contributed by atoms with van der Waals surface area (Å²) < 4.78 is 26.2. The molecule has 1 amide bonds. The summed E-state index contributed by atoms with van der Waals surface area (Å²) in [5.41, 5.74) is 1.35. The Morgan fingerprint density at radius 3 is 2.82 bits per heavy atom. The molecule has 1 N–H and O–H groups in total. The molecule has 0 unspecified atom stereocenters. The average molecular weight is 304 g/mol. The zero-order valence-corrected chi connectivity index (χ0v) is 11.8. The number of carbonyl (C=O) groups excluding carboxylic acids is 1. The maximum atomic E-state index is 13.3. The van der Waals surface area contributed by atoms with Gasteiger partial charge in [0.25, 0.3) is 5.91 Å². The van der Waals surface area contributed by atoms with Gasteiger partial charge in [-0.1, -0.05) is 23.4 Å². The number of aryl methyl sites for hydroxylation is 1. The average Bonchev–Trinajstić information content (AvgIpc) is 2.48. The van der Waals surface area contributed by atoms with Gasteiger partial charge in [-0.05, 0) is 42.3 Å². The number of halogens is 2. The van der Waals surface area contributed by atoms with Crippen molar-refractivity contribution < 1.29 is 18.4 Å². The first kappa shape index (κ1) is 15.6. The van der Waals surface area contributed by atoms with E-state index in [2.05, 4.69) is 10.5 Å². The summed E-state index contributed by atoms with van der Waals surface area (Å²) in [5.74, 6) is -1.26. The van der Waals surface area contributed by atoms with Crippen LogP contribution in [0, 0.1) is 18.6 Å². The fraction of sp³-hybridized carbons (Fsp3) is 0.125. The molecule has 22 heavy (non-hydrogen) atoms. The molecule has 2 aromatic rings. The molecule has 0 aliphatic rings. The molecular weight excluding hydrogens is 290 g/mol. The first-order valence-corrected chi connectivity index (χ1v) is 6.51. The summed E-state index contributed by atoms with van der Waals surface area (Å²) in [6, 6.07) is 10.2. The molecule has 0 fully saturated rings. The van der Waals surface area contributed by atoms with Crippen molar-refractivity contribution in [3.8, 4) is 0 Å². The number of anilines is 1. The molecule has 0 heterocycles. The monoisotopic (exact) mass is 304 g/mol. The smallest absolute Gasteiger partial charge is 0.265 e. The molecule has 2 rings (SSSR count). The van der Waals surface area contributed by atoms with E-state index in [1.54, 1.807) is 25.1 Å². The molecular formula is C16H14F2N2O2. The van der Waals surface area contributed by atoms with Crippen molar-refractivity contribution in [2.24, 2.45) is 5.16 Å². The summed E-state index contributed by atoms with van der Waals surface area (Å²) in [4.78, 5) is 16.4. The third-order valence-electron chi connectivity index (χ3n) is 2.78. The molecule has 0 saturated carbocycles. The van der Waals surface area contributed by atoms with Gasteiger partial charge in [0, 0.05) is 5.69 Å². The van der Waals surface area contributed by atoms with E-state index in [1.807, 2.05) is 0 Å². The van der Waals surface area contributed by atoms with E-state index >= 15 is 0 Å². The minimum Gasteiger partial charge on any atom is -0.386 e. The topological polar surface area (TPSA) is 50.7 Å². The molecule has 0 aliphatic heterocycles. The predicted octanol–water partition coefficient (Wildman–Crippen LogP) is 3.26. The maximum Gasteiger partial charge on any atom is 0.265 e. The Morgan fingerprint density at radius 2 is 2.09 bits per heavy atom. The summed E-state index contributed by atoms with van der Waals surface area (Å²) in [7, 11) is 0. The van der Waals surface area contributed by atoms with Crippen LogP contribution in [0.25, 0.3) is 0 Å². The SMILES string of the molecule is Cc1ccc(NC(=O)CO/N=C\c2cccc(F)c2)cc1F. The first-order chi connectivity index (χ1) is 10.5. The van der Waals surface area contributed by atoms with Crippen molar-refractivity contribution in [2.45, 2.75) is 6.92 Å². The largest absolute Gasteiger partial charge is 0.386 e. The highest BCUT2D eigenvalue weighted by Crippen LogP contribution is 2.13. The first-order valence-electron chi connectivity index (χ1n) is 6.51. The van der Waals surface area contributed by atoms with Gasteiger partial charge in [0.15, 0.2) is 6.61 Å². The number of nitrogens with zero attached hydrogens (tertiary/aromatic N) is 1. The highest BCUT2D eigenvalue weighted by atomic mass is 19.1. The van der Waals surface area contributed by atoms with Crippen LogP contribution in [0.4, 0.5) is 14.5 Å². The number of oxime groups is 1. The van der Waals surface area contributed by atoms with Crippen molar-refractivity contribution in [1.29, 1.82) is 0 Å². The van der Waals surface area contributed by atoms with Gasteiger partial charge in [0.1, 0.15) is 11.6 Å². The van der Waals surface area contributed by atoms with Crippen molar-refractivity contribution >= 4 is 17.8 Å². The number of nitrogens with one attached hydrogen (secondary N) is 1. The highest BCUT2D eigenvalue weighted by Gasteiger charge is 2.04. The molecule has 0 bridgehead atoms. The Balaban J connectivity index is 1.81. The van der Waals surface area contributed by atoms with Crippen LogP contribution in [0.15, 0.2) is 47.6 Å². The fourth-order valence-corrected chi connectivity index (χ4v) is 1.65. The summed E-state index contributed by atoms with van der Waals surface area (Å²) in [5, 5.41) is 6.05. The van der Waals surface area contributed by atoms with Crippen LogP contribution < -0.4 is 5.32 Å². The maximum absolute atomic E-state index is 13.3. The van der Waals surface area contributed by atoms with E-state index < -0.39 is 11.7 Å². The van der Waals surface area contributed by atoms with Crippen LogP contribution in [0.1, 0.15) is 11.1 Å². The normalized spacial score (nSPS) is 10.7. The number of hydrogen-bond donors (Lipinski definition) is 1. The van der Waals surface area contributed by atoms with Crippen molar-refractivity contribution in [2.75, 3.05) is 11.9 Å². The molecule has 0 aromatic heterocycles. The Labute approximate surface area is 126 Å². The van der Waals surface area contributed by atoms with E-state index in [0.717, 1.165) is 0 Å². The molecule has 4 nitrogen and oxygen atoms in total. The second-order valence-corrected chi connectivity index (χ2v) is 4.58. The van der Waals surface area contributed by atoms with Gasteiger partial charge in [-0.3, -0.25) is 4.79 Å². The minimum absolute atomic E-state index is 0.332. The van der Waals surface area contributed by atoms with E-state index in [-0.39, 0.29) is 12.4 Å². The van der Waals surface area contributed by atoms with Crippen molar-refractivity contribution in [3.05, 3.63) is 65.2 Å². The van der Waals surface area contributed by atoms with Crippen LogP contribution >= 0.6 is 0 Å². The van der Waals surface area contributed by atoms with E-state index in [1.165, 1.54) is 30.5 Å². The van der Waals surface area contributed by atoms with Gasteiger partial charge in [-0.15, -0.1) is 0 Å². The Hall–Kier alpha value is -2.76. The van der Waals surface area contributed by atoms with Crippen molar-refractivity contribution in [1.82, 2.24) is 0 Å². The van der Waals surface area contributed by atoms with Gasteiger partial charge >= 0.3 is 0 Å². The lowest BCUT2D eigenvalue weighted by Crippen LogP contribution is -2.17. The zero-order chi connectivity index (χ0) is 15.9.